The maximum atomic E-state index is 12.6. The minimum absolute atomic E-state index is 0.0787. The van der Waals surface area contributed by atoms with Crippen molar-refractivity contribution in [1.29, 1.82) is 0 Å². The van der Waals surface area contributed by atoms with E-state index in [-0.39, 0.29) is 18.3 Å². The number of ether oxygens (including phenoxy) is 1. The average molecular weight is 385 g/mol. The Morgan fingerprint density at radius 2 is 1.82 bits per heavy atom. The Bertz CT molecular complexity index is 805. The molecule has 150 valence electrons. The number of hydrogen-bond donors (Lipinski definition) is 1. The van der Waals surface area contributed by atoms with E-state index in [4.69, 9.17) is 9.26 Å². The predicted octanol–water partition coefficient (Wildman–Crippen LogP) is 3.72. The van der Waals surface area contributed by atoms with Gasteiger partial charge in [-0.25, -0.2) is 0 Å². The summed E-state index contributed by atoms with van der Waals surface area (Å²) >= 11 is 0. The zero-order chi connectivity index (χ0) is 20.0. The van der Waals surface area contributed by atoms with Gasteiger partial charge in [-0.15, -0.1) is 0 Å². The molecule has 1 heterocycles. The van der Waals surface area contributed by atoms with Crippen LogP contribution in [0.2, 0.25) is 0 Å². The van der Waals surface area contributed by atoms with Gasteiger partial charge < -0.3 is 14.6 Å². The smallest absolute Gasteiger partial charge is 0.258 e. The van der Waals surface area contributed by atoms with Gasteiger partial charge >= 0.3 is 0 Å². The monoisotopic (exact) mass is 385 g/mol. The van der Waals surface area contributed by atoms with E-state index >= 15 is 0 Å². The summed E-state index contributed by atoms with van der Waals surface area (Å²) in [6.45, 7) is 3.46. The van der Waals surface area contributed by atoms with Gasteiger partial charge in [0.2, 0.25) is 5.89 Å². The van der Waals surface area contributed by atoms with Gasteiger partial charge in [-0.3, -0.25) is 9.59 Å². The van der Waals surface area contributed by atoms with Crippen LogP contribution in [0.1, 0.15) is 73.9 Å². The molecule has 2 aromatic rings. The summed E-state index contributed by atoms with van der Waals surface area (Å²) in [5, 5.41) is 7.19. The topological polar surface area (TPSA) is 94.3 Å². The third-order valence-electron chi connectivity index (χ3n) is 5.16. The maximum Gasteiger partial charge on any atom is 0.258 e. The molecule has 1 aliphatic rings. The Labute approximate surface area is 164 Å². The highest BCUT2D eigenvalue weighted by atomic mass is 16.5. The van der Waals surface area contributed by atoms with Crippen LogP contribution in [0.4, 0.5) is 0 Å². The number of hydrogen-bond acceptors (Lipinski definition) is 6. The largest absolute Gasteiger partial charge is 0.484 e. The van der Waals surface area contributed by atoms with Gasteiger partial charge in [0.15, 0.2) is 18.2 Å². The van der Waals surface area contributed by atoms with E-state index in [0.29, 0.717) is 29.4 Å². The molecule has 1 N–H and O–H groups in total. The summed E-state index contributed by atoms with van der Waals surface area (Å²) in [6.07, 6.45) is 6.29. The molecule has 1 aromatic heterocycles. The number of nitrogens with one attached hydrogen (secondary N) is 1. The minimum atomic E-state index is -0.605. The minimum Gasteiger partial charge on any atom is -0.484 e. The number of aryl methyl sites for hydroxylation is 1. The summed E-state index contributed by atoms with van der Waals surface area (Å²) in [5.41, 5.74) is 0.0377. The van der Waals surface area contributed by atoms with E-state index in [2.05, 4.69) is 15.5 Å². The summed E-state index contributed by atoms with van der Waals surface area (Å²) in [4.78, 5) is 28.7. The number of nitrogens with zero attached hydrogens (tertiary/aromatic N) is 2. The molecule has 28 heavy (non-hydrogen) atoms. The number of rotatable bonds is 7. The molecule has 0 bridgehead atoms. The Kier molecular flexibility index (Phi) is 6.44. The zero-order valence-electron chi connectivity index (χ0n) is 16.5. The molecule has 1 amide bonds. The quantitative estimate of drug-likeness (QED) is 0.577. The van der Waals surface area contributed by atoms with Crippen LogP contribution in [0.5, 0.6) is 5.75 Å². The average Bonchev–Trinajstić information content (AvgIpc) is 3.01. The summed E-state index contributed by atoms with van der Waals surface area (Å²) in [6, 6.07) is 6.85. The van der Waals surface area contributed by atoms with E-state index in [1.807, 2.05) is 6.92 Å². The van der Waals surface area contributed by atoms with Crippen LogP contribution < -0.4 is 10.1 Å². The van der Waals surface area contributed by atoms with Gasteiger partial charge in [-0.2, -0.15) is 4.98 Å². The van der Waals surface area contributed by atoms with Crippen LogP contribution in [0.3, 0.4) is 0 Å². The van der Waals surface area contributed by atoms with E-state index < -0.39 is 5.54 Å². The van der Waals surface area contributed by atoms with Crippen LogP contribution in [-0.4, -0.2) is 28.4 Å². The molecule has 1 fully saturated rings. The Balaban J connectivity index is 1.64. The zero-order valence-corrected chi connectivity index (χ0v) is 16.5. The first-order valence-corrected chi connectivity index (χ1v) is 9.90. The van der Waals surface area contributed by atoms with Crippen molar-refractivity contribution in [3.63, 3.8) is 0 Å². The van der Waals surface area contributed by atoms with Crippen molar-refractivity contribution < 1.29 is 18.8 Å². The molecule has 0 radical (unpaired) electrons. The lowest BCUT2D eigenvalue weighted by atomic mass is 9.89. The van der Waals surface area contributed by atoms with E-state index in [0.717, 1.165) is 38.5 Å². The van der Waals surface area contributed by atoms with Crippen LogP contribution in [0.15, 0.2) is 28.8 Å². The molecule has 0 spiro atoms. The fourth-order valence-corrected chi connectivity index (χ4v) is 3.62. The second-order valence-electron chi connectivity index (χ2n) is 7.27. The second-order valence-corrected chi connectivity index (χ2v) is 7.27. The molecule has 7 heteroatoms. The number of benzene rings is 1. The first-order chi connectivity index (χ1) is 13.5. The van der Waals surface area contributed by atoms with Crippen molar-refractivity contribution in [1.82, 2.24) is 15.5 Å². The molecule has 1 aliphatic carbocycles. The summed E-state index contributed by atoms with van der Waals surface area (Å²) in [5.74, 6) is 1.44. The molecular formula is C21H27N3O4. The summed E-state index contributed by atoms with van der Waals surface area (Å²) in [7, 11) is 0. The van der Waals surface area contributed by atoms with E-state index in [1.165, 1.54) is 0 Å². The number of Topliss-reactive ketones (excluding diaryl/α,β-unsaturated/α-hetero) is 1. The van der Waals surface area contributed by atoms with Gasteiger partial charge in [0.05, 0.1) is 0 Å². The molecule has 0 unspecified atom stereocenters. The van der Waals surface area contributed by atoms with Crippen LogP contribution in [0.25, 0.3) is 0 Å². The first kappa shape index (κ1) is 20.0. The number of ketones is 1. The lowest BCUT2D eigenvalue weighted by Gasteiger charge is -2.30. The SMILES string of the molecule is CCC(=O)c1ccc(OCC(=O)NC2(c3noc(C)n3)CCCCCC2)cc1. The molecule has 0 atom stereocenters. The molecule has 7 nitrogen and oxygen atoms in total. The maximum absolute atomic E-state index is 12.6. The number of carbonyl (C=O) groups is 2. The second kappa shape index (κ2) is 8.99. The van der Waals surface area contributed by atoms with E-state index in [1.54, 1.807) is 31.2 Å². The van der Waals surface area contributed by atoms with Crippen LogP contribution in [-0.2, 0) is 10.3 Å². The first-order valence-electron chi connectivity index (χ1n) is 9.90. The van der Waals surface area contributed by atoms with Crippen LogP contribution in [0, 0.1) is 6.92 Å². The number of carbonyl (C=O) groups excluding carboxylic acids is 2. The van der Waals surface area contributed by atoms with Crippen molar-refractivity contribution in [3.05, 3.63) is 41.5 Å². The van der Waals surface area contributed by atoms with Gasteiger partial charge in [-0.1, -0.05) is 37.8 Å². The molecule has 0 saturated heterocycles. The summed E-state index contributed by atoms with van der Waals surface area (Å²) < 4.78 is 10.8. The Morgan fingerprint density at radius 3 is 2.39 bits per heavy atom. The molecular weight excluding hydrogens is 358 g/mol. The van der Waals surface area contributed by atoms with Crippen molar-refractivity contribution in [2.24, 2.45) is 0 Å². The third kappa shape index (κ3) is 4.77. The molecule has 0 aliphatic heterocycles. The molecule has 3 rings (SSSR count). The number of aromatic nitrogens is 2. The highest BCUT2D eigenvalue weighted by molar-refractivity contribution is 5.95. The van der Waals surface area contributed by atoms with Crippen molar-refractivity contribution in [2.75, 3.05) is 6.61 Å². The fourth-order valence-electron chi connectivity index (χ4n) is 3.62. The van der Waals surface area contributed by atoms with Gasteiger partial charge in [-0.05, 0) is 37.1 Å². The molecule has 1 aromatic carbocycles. The van der Waals surface area contributed by atoms with Gasteiger partial charge in [0.1, 0.15) is 11.3 Å². The normalized spacial score (nSPS) is 16.2. The highest BCUT2D eigenvalue weighted by Gasteiger charge is 2.38. The van der Waals surface area contributed by atoms with Crippen LogP contribution >= 0.6 is 0 Å². The third-order valence-corrected chi connectivity index (χ3v) is 5.16. The van der Waals surface area contributed by atoms with Gasteiger partial charge in [0.25, 0.3) is 5.91 Å². The van der Waals surface area contributed by atoms with E-state index in [9.17, 15) is 9.59 Å². The fraction of sp³-hybridized carbons (Fsp3) is 0.524. The lowest BCUT2D eigenvalue weighted by Crippen LogP contribution is -2.48. The predicted molar refractivity (Wildman–Crippen MR) is 103 cm³/mol. The highest BCUT2D eigenvalue weighted by Crippen LogP contribution is 2.34. The molecule has 1 saturated carbocycles. The standard InChI is InChI=1S/C21H27N3O4/c1-3-18(25)16-8-10-17(11-9-16)27-14-19(26)23-21(12-6-4-5-7-13-21)20-22-15(2)28-24-20/h8-11H,3-7,12-14H2,1-2H3,(H,23,26). The van der Waals surface area contributed by atoms with Crippen molar-refractivity contribution >= 4 is 11.7 Å². The number of amides is 1. The Hall–Kier alpha value is -2.70. The van der Waals surface area contributed by atoms with Crippen molar-refractivity contribution in [2.45, 2.75) is 64.3 Å². The Morgan fingerprint density at radius 1 is 1.14 bits per heavy atom. The van der Waals surface area contributed by atoms with Crippen molar-refractivity contribution in [3.8, 4) is 5.75 Å². The van der Waals surface area contributed by atoms with Gasteiger partial charge in [0, 0.05) is 18.9 Å². The lowest BCUT2D eigenvalue weighted by molar-refractivity contribution is -0.125.